The minimum absolute atomic E-state index is 0.0960. The number of hydrogen-bond acceptors (Lipinski definition) is 3. The van der Waals surface area contributed by atoms with Crippen molar-refractivity contribution in [3.63, 3.8) is 0 Å². The zero-order valence-electron chi connectivity index (χ0n) is 10.1. The second-order valence-electron chi connectivity index (χ2n) is 4.76. The number of hydrogen-bond donors (Lipinski definition) is 1. The fourth-order valence-electron chi connectivity index (χ4n) is 2.03. The number of halogens is 1. The number of aryl methyl sites for hydroxylation is 1. The molecule has 1 heterocycles. The van der Waals surface area contributed by atoms with Gasteiger partial charge in [-0.1, -0.05) is 22.0 Å². The van der Waals surface area contributed by atoms with Gasteiger partial charge in [-0.05, 0) is 31.4 Å². The third kappa shape index (κ3) is 3.52. The van der Waals surface area contributed by atoms with Crippen LogP contribution in [0.2, 0.25) is 0 Å². The Balaban J connectivity index is 1.92. The standard InChI is InChI=1S/C12H17BrN2O2S/c13-10-12(6-3-7-12)15-18(16,17)9-5-11-4-1-2-8-14-11/h1-2,4,8,15H,3,5-7,9-10H2. The molecule has 18 heavy (non-hydrogen) atoms. The van der Waals surface area contributed by atoms with E-state index < -0.39 is 10.0 Å². The summed E-state index contributed by atoms with van der Waals surface area (Å²) in [6.07, 6.45) is 5.06. The first kappa shape index (κ1) is 14.0. The van der Waals surface area contributed by atoms with Crippen molar-refractivity contribution in [2.24, 2.45) is 0 Å². The number of aromatic nitrogens is 1. The van der Waals surface area contributed by atoms with E-state index >= 15 is 0 Å². The number of sulfonamides is 1. The van der Waals surface area contributed by atoms with Crippen LogP contribution in [-0.4, -0.2) is 30.0 Å². The van der Waals surface area contributed by atoms with Crippen LogP contribution in [0.25, 0.3) is 0 Å². The molecule has 1 aromatic heterocycles. The Morgan fingerprint density at radius 2 is 2.17 bits per heavy atom. The second kappa shape index (κ2) is 5.67. The number of pyridine rings is 1. The number of nitrogens with zero attached hydrogens (tertiary/aromatic N) is 1. The Bertz CT molecular complexity index is 481. The Morgan fingerprint density at radius 1 is 1.39 bits per heavy atom. The molecule has 1 N–H and O–H groups in total. The molecule has 2 rings (SSSR count). The van der Waals surface area contributed by atoms with Gasteiger partial charge in [-0.15, -0.1) is 0 Å². The Hall–Kier alpha value is -0.460. The van der Waals surface area contributed by atoms with Crippen molar-refractivity contribution in [1.82, 2.24) is 9.71 Å². The summed E-state index contributed by atoms with van der Waals surface area (Å²) < 4.78 is 26.8. The van der Waals surface area contributed by atoms with Gasteiger partial charge in [-0.3, -0.25) is 4.98 Å². The number of rotatable bonds is 6. The van der Waals surface area contributed by atoms with E-state index in [9.17, 15) is 8.42 Å². The molecule has 100 valence electrons. The van der Waals surface area contributed by atoms with Crippen LogP contribution in [0.3, 0.4) is 0 Å². The van der Waals surface area contributed by atoms with Crippen LogP contribution < -0.4 is 4.72 Å². The molecule has 0 aromatic carbocycles. The molecule has 1 fully saturated rings. The normalized spacial score (nSPS) is 18.3. The third-order valence-electron chi connectivity index (χ3n) is 3.29. The Labute approximate surface area is 116 Å². The van der Waals surface area contributed by atoms with Crippen LogP contribution in [-0.2, 0) is 16.4 Å². The van der Waals surface area contributed by atoms with Gasteiger partial charge in [0.25, 0.3) is 0 Å². The highest BCUT2D eigenvalue weighted by atomic mass is 79.9. The van der Waals surface area contributed by atoms with Gasteiger partial charge < -0.3 is 0 Å². The van der Waals surface area contributed by atoms with Crippen LogP contribution in [0.1, 0.15) is 25.0 Å². The molecular formula is C12H17BrN2O2S. The van der Waals surface area contributed by atoms with E-state index in [0.717, 1.165) is 25.0 Å². The highest BCUT2D eigenvalue weighted by Crippen LogP contribution is 2.34. The van der Waals surface area contributed by atoms with Crippen molar-refractivity contribution in [3.05, 3.63) is 30.1 Å². The molecule has 0 amide bonds. The van der Waals surface area contributed by atoms with Gasteiger partial charge in [0.1, 0.15) is 0 Å². The molecule has 1 aliphatic rings. The lowest BCUT2D eigenvalue weighted by molar-refractivity contribution is 0.256. The molecule has 6 heteroatoms. The molecule has 1 aliphatic carbocycles. The molecule has 4 nitrogen and oxygen atoms in total. The van der Waals surface area contributed by atoms with Crippen molar-refractivity contribution in [1.29, 1.82) is 0 Å². The monoisotopic (exact) mass is 332 g/mol. The molecule has 1 saturated carbocycles. The molecule has 0 atom stereocenters. The van der Waals surface area contributed by atoms with Gasteiger partial charge in [0.05, 0.1) is 5.75 Å². The topological polar surface area (TPSA) is 59.1 Å². The van der Waals surface area contributed by atoms with Gasteiger partial charge >= 0.3 is 0 Å². The molecule has 0 saturated heterocycles. The Kier molecular flexibility index (Phi) is 4.40. The smallest absolute Gasteiger partial charge is 0.212 e. The van der Waals surface area contributed by atoms with Crippen molar-refractivity contribution < 1.29 is 8.42 Å². The maximum atomic E-state index is 12.0. The van der Waals surface area contributed by atoms with E-state index in [-0.39, 0.29) is 11.3 Å². The highest BCUT2D eigenvalue weighted by Gasteiger charge is 2.39. The average Bonchev–Trinajstić information content (AvgIpc) is 2.33. The summed E-state index contributed by atoms with van der Waals surface area (Å²) in [7, 11) is -3.23. The lowest BCUT2D eigenvalue weighted by atomic mass is 9.80. The van der Waals surface area contributed by atoms with Crippen molar-refractivity contribution in [2.45, 2.75) is 31.2 Å². The van der Waals surface area contributed by atoms with Gasteiger partial charge in [0.15, 0.2) is 0 Å². The summed E-state index contributed by atoms with van der Waals surface area (Å²) in [6.45, 7) is 0. The highest BCUT2D eigenvalue weighted by molar-refractivity contribution is 9.09. The predicted octanol–water partition coefficient (Wildman–Crippen LogP) is 1.86. The maximum absolute atomic E-state index is 12.0. The predicted molar refractivity (Wildman–Crippen MR) is 75.2 cm³/mol. The van der Waals surface area contributed by atoms with E-state index in [1.165, 1.54) is 0 Å². The largest absolute Gasteiger partial charge is 0.261 e. The molecule has 0 unspecified atom stereocenters. The first-order valence-electron chi connectivity index (χ1n) is 6.03. The van der Waals surface area contributed by atoms with Crippen molar-refractivity contribution in [2.75, 3.05) is 11.1 Å². The number of alkyl halides is 1. The molecule has 0 spiro atoms. The summed E-state index contributed by atoms with van der Waals surface area (Å²) >= 11 is 3.39. The van der Waals surface area contributed by atoms with E-state index in [1.54, 1.807) is 6.20 Å². The zero-order valence-corrected chi connectivity index (χ0v) is 12.5. The molecule has 0 bridgehead atoms. The summed E-state index contributed by atoms with van der Waals surface area (Å²) in [5.41, 5.74) is 0.563. The van der Waals surface area contributed by atoms with E-state index in [2.05, 4.69) is 25.6 Å². The third-order valence-corrected chi connectivity index (χ3v) is 5.85. The summed E-state index contributed by atoms with van der Waals surface area (Å²) in [4.78, 5) is 4.13. The van der Waals surface area contributed by atoms with Crippen molar-refractivity contribution >= 4 is 26.0 Å². The van der Waals surface area contributed by atoms with Gasteiger partial charge in [-0.2, -0.15) is 0 Å². The van der Waals surface area contributed by atoms with Crippen LogP contribution >= 0.6 is 15.9 Å². The quantitative estimate of drug-likeness (QED) is 0.809. The van der Waals surface area contributed by atoms with E-state index in [4.69, 9.17) is 0 Å². The average molecular weight is 333 g/mol. The van der Waals surface area contributed by atoms with Crippen LogP contribution in [0.15, 0.2) is 24.4 Å². The van der Waals surface area contributed by atoms with Gasteiger partial charge in [0.2, 0.25) is 10.0 Å². The Morgan fingerprint density at radius 3 is 2.67 bits per heavy atom. The summed E-state index contributed by atoms with van der Waals surface area (Å²) in [5, 5.41) is 0.683. The molecule has 0 radical (unpaired) electrons. The number of nitrogens with one attached hydrogen (secondary N) is 1. The summed E-state index contributed by atoms with van der Waals surface area (Å²) in [6, 6.07) is 5.54. The minimum Gasteiger partial charge on any atom is -0.261 e. The van der Waals surface area contributed by atoms with Crippen LogP contribution in [0, 0.1) is 0 Å². The first-order chi connectivity index (χ1) is 8.55. The molecular weight excluding hydrogens is 316 g/mol. The van der Waals surface area contributed by atoms with E-state index in [0.29, 0.717) is 11.8 Å². The lowest BCUT2D eigenvalue weighted by Crippen LogP contribution is -2.55. The van der Waals surface area contributed by atoms with Crippen molar-refractivity contribution in [3.8, 4) is 0 Å². The molecule has 0 aliphatic heterocycles. The van der Waals surface area contributed by atoms with Gasteiger partial charge in [-0.25, -0.2) is 13.1 Å². The zero-order chi connectivity index (χ0) is 13.1. The SMILES string of the molecule is O=S(=O)(CCc1ccccn1)NC1(CBr)CCC1. The maximum Gasteiger partial charge on any atom is 0.212 e. The van der Waals surface area contributed by atoms with Crippen LogP contribution in [0.4, 0.5) is 0 Å². The first-order valence-corrected chi connectivity index (χ1v) is 8.80. The van der Waals surface area contributed by atoms with Gasteiger partial charge in [0, 0.05) is 29.2 Å². The summed E-state index contributed by atoms with van der Waals surface area (Å²) in [5.74, 6) is 0.0960. The fraction of sp³-hybridized carbons (Fsp3) is 0.583. The minimum atomic E-state index is -3.23. The fourth-order valence-corrected chi connectivity index (χ4v) is 4.43. The van der Waals surface area contributed by atoms with E-state index in [1.807, 2.05) is 18.2 Å². The van der Waals surface area contributed by atoms with Crippen LogP contribution in [0.5, 0.6) is 0 Å². The lowest BCUT2D eigenvalue weighted by Gasteiger charge is -2.40. The second-order valence-corrected chi connectivity index (χ2v) is 7.16. The molecule has 1 aromatic rings.